The number of benzene rings is 1. The lowest BCUT2D eigenvalue weighted by Crippen LogP contribution is -2.05. The van der Waals surface area contributed by atoms with Crippen molar-refractivity contribution in [3.63, 3.8) is 0 Å². The highest BCUT2D eigenvalue weighted by Gasteiger charge is 2.22. The Bertz CT molecular complexity index is 605. The van der Waals surface area contributed by atoms with Crippen molar-refractivity contribution in [2.24, 2.45) is 11.8 Å². The number of hydrogen-bond donors (Lipinski definition) is 1. The molecule has 1 heterocycles. The van der Waals surface area contributed by atoms with Crippen LogP contribution in [-0.2, 0) is 13.0 Å². The minimum atomic E-state index is 0.509. The molecular formula is C17H23N3O2. The lowest BCUT2D eigenvalue weighted by Gasteiger charge is -2.11. The van der Waals surface area contributed by atoms with Crippen molar-refractivity contribution in [3.8, 4) is 5.75 Å². The summed E-state index contributed by atoms with van der Waals surface area (Å²) in [4.78, 5) is 4.40. The first-order chi connectivity index (χ1) is 10.7. The molecule has 0 amide bonds. The third-order valence-corrected chi connectivity index (χ3v) is 3.59. The average molecular weight is 301 g/mol. The normalized spacial score (nSPS) is 14.3. The van der Waals surface area contributed by atoms with Gasteiger partial charge in [0, 0.05) is 6.42 Å². The lowest BCUT2D eigenvalue weighted by atomic mass is 10.1. The summed E-state index contributed by atoms with van der Waals surface area (Å²) in [7, 11) is 0. The van der Waals surface area contributed by atoms with E-state index in [9.17, 15) is 0 Å². The molecule has 1 N–H and O–H groups in total. The van der Waals surface area contributed by atoms with Gasteiger partial charge in [0.2, 0.25) is 5.89 Å². The molecule has 0 spiro atoms. The first-order valence-corrected chi connectivity index (χ1v) is 7.98. The molecule has 0 aliphatic heterocycles. The second kappa shape index (κ2) is 6.81. The molecule has 0 radical (unpaired) electrons. The van der Waals surface area contributed by atoms with Gasteiger partial charge in [-0.05, 0) is 36.8 Å². The van der Waals surface area contributed by atoms with Crippen LogP contribution in [0.4, 0.5) is 5.69 Å². The molecule has 1 aromatic carbocycles. The average Bonchev–Trinajstić information content (AvgIpc) is 3.23. The van der Waals surface area contributed by atoms with Crippen LogP contribution in [-0.4, -0.2) is 16.7 Å². The van der Waals surface area contributed by atoms with Gasteiger partial charge < -0.3 is 14.6 Å². The second-order valence-electron chi connectivity index (χ2n) is 6.31. The molecule has 22 heavy (non-hydrogen) atoms. The van der Waals surface area contributed by atoms with Gasteiger partial charge in [-0.3, -0.25) is 0 Å². The number of ether oxygens (including phenoxy) is 1. The molecule has 0 saturated heterocycles. The van der Waals surface area contributed by atoms with Crippen LogP contribution in [0.25, 0.3) is 0 Å². The lowest BCUT2D eigenvalue weighted by molar-refractivity contribution is 0.301. The topological polar surface area (TPSA) is 60.2 Å². The van der Waals surface area contributed by atoms with E-state index in [0.29, 0.717) is 18.4 Å². The van der Waals surface area contributed by atoms with Gasteiger partial charge in [0.25, 0.3) is 0 Å². The van der Waals surface area contributed by atoms with Crippen LogP contribution in [0.5, 0.6) is 5.75 Å². The van der Waals surface area contributed by atoms with Crippen molar-refractivity contribution >= 4 is 5.69 Å². The van der Waals surface area contributed by atoms with E-state index < -0.39 is 0 Å². The minimum absolute atomic E-state index is 0.509. The molecule has 1 aliphatic carbocycles. The van der Waals surface area contributed by atoms with E-state index in [-0.39, 0.29) is 0 Å². The molecule has 2 aromatic rings. The quantitative estimate of drug-likeness (QED) is 0.806. The van der Waals surface area contributed by atoms with Crippen molar-refractivity contribution in [2.45, 2.75) is 39.7 Å². The van der Waals surface area contributed by atoms with E-state index in [1.807, 2.05) is 24.3 Å². The number of hydrogen-bond acceptors (Lipinski definition) is 5. The van der Waals surface area contributed by atoms with Crippen LogP contribution in [0.3, 0.4) is 0 Å². The largest absolute Gasteiger partial charge is 0.491 e. The fraction of sp³-hybridized carbons (Fsp3) is 0.529. The summed E-state index contributed by atoms with van der Waals surface area (Å²) in [5.41, 5.74) is 0.965. The Hall–Kier alpha value is -2.04. The van der Waals surface area contributed by atoms with Crippen molar-refractivity contribution in [1.82, 2.24) is 10.1 Å². The highest BCUT2D eigenvalue weighted by Crippen LogP contribution is 2.31. The molecule has 1 fully saturated rings. The van der Waals surface area contributed by atoms with Gasteiger partial charge in [0.1, 0.15) is 5.75 Å². The number of para-hydroxylation sites is 2. The van der Waals surface area contributed by atoms with Crippen molar-refractivity contribution in [3.05, 3.63) is 36.0 Å². The smallest absolute Gasteiger partial charge is 0.245 e. The molecule has 1 aliphatic rings. The van der Waals surface area contributed by atoms with Crippen LogP contribution in [0, 0.1) is 11.8 Å². The van der Waals surface area contributed by atoms with Crippen LogP contribution in [0.1, 0.15) is 38.4 Å². The second-order valence-corrected chi connectivity index (χ2v) is 6.31. The predicted molar refractivity (Wildman–Crippen MR) is 84.8 cm³/mol. The summed E-state index contributed by atoms with van der Waals surface area (Å²) in [5, 5.41) is 7.32. The minimum Gasteiger partial charge on any atom is -0.491 e. The Morgan fingerprint density at radius 1 is 1.32 bits per heavy atom. The van der Waals surface area contributed by atoms with Crippen LogP contribution < -0.4 is 10.1 Å². The van der Waals surface area contributed by atoms with Gasteiger partial charge in [-0.15, -0.1) is 0 Å². The van der Waals surface area contributed by atoms with Crippen molar-refractivity contribution < 1.29 is 9.26 Å². The Labute approximate surface area is 131 Å². The summed E-state index contributed by atoms with van der Waals surface area (Å²) < 4.78 is 11.1. The molecule has 5 heteroatoms. The maximum atomic E-state index is 5.88. The van der Waals surface area contributed by atoms with Crippen LogP contribution >= 0.6 is 0 Å². The van der Waals surface area contributed by atoms with Crippen LogP contribution in [0.2, 0.25) is 0 Å². The van der Waals surface area contributed by atoms with Gasteiger partial charge in [-0.2, -0.15) is 4.98 Å². The summed E-state index contributed by atoms with van der Waals surface area (Å²) in [6, 6.07) is 7.97. The summed E-state index contributed by atoms with van der Waals surface area (Å²) >= 11 is 0. The fourth-order valence-corrected chi connectivity index (χ4v) is 2.21. The van der Waals surface area contributed by atoms with E-state index in [1.54, 1.807) is 0 Å². The number of nitrogens with zero attached hydrogens (tertiary/aromatic N) is 2. The first kappa shape index (κ1) is 14.9. The summed E-state index contributed by atoms with van der Waals surface area (Å²) in [5.74, 6) is 3.52. The van der Waals surface area contributed by atoms with E-state index >= 15 is 0 Å². The summed E-state index contributed by atoms with van der Waals surface area (Å²) in [6.45, 7) is 5.59. The summed E-state index contributed by atoms with van der Waals surface area (Å²) in [6.07, 6.45) is 3.41. The zero-order chi connectivity index (χ0) is 15.4. The first-order valence-electron chi connectivity index (χ1n) is 7.98. The Morgan fingerprint density at radius 2 is 2.14 bits per heavy atom. The van der Waals surface area contributed by atoms with Crippen molar-refractivity contribution in [1.29, 1.82) is 0 Å². The Kier molecular flexibility index (Phi) is 4.61. The highest BCUT2D eigenvalue weighted by atomic mass is 16.5. The maximum Gasteiger partial charge on any atom is 0.245 e. The third kappa shape index (κ3) is 4.23. The Balaban J connectivity index is 1.57. The number of aromatic nitrogens is 2. The third-order valence-electron chi connectivity index (χ3n) is 3.59. The Morgan fingerprint density at radius 3 is 2.91 bits per heavy atom. The van der Waals surface area contributed by atoms with Crippen LogP contribution in [0.15, 0.2) is 28.8 Å². The van der Waals surface area contributed by atoms with E-state index in [2.05, 4.69) is 29.3 Å². The van der Waals surface area contributed by atoms with Gasteiger partial charge >= 0.3 is 0 Å². The molecule has 1 aromatic heterocycles. The van der Waals surface area contributed by atoms with Gasteiger partial charge in [-0.25, -0.2) is 0 Å². The number of rotatable bonds is 8. The molecule has 0 bridgehead atoms. The van der Waals surface area contributed by atoms with Crippen molar-refractivity contribution in [2.75, 3.05) is 11.9 Å². The molecule has 5 nitrogen and oxygen atoms in total. The zero-order valence-corrected chi connectivity index (χ0v) is 13.2. The highest BCUT2D eigenvalue weighted by molar-refractivity contribution is 5.56. The molecular weight excluding hydrogens is 278 g/mol. The molecule has 0 unspecified atom stereocenters. The van der Waals surface area contributed by atoms with Gasteiger partial charge in [0.05, 0.1) is 18.8 Å². The molecule has 0 atom stereocenters. The SMILES string of the molecule is CC(C)Cc1noc(CNc2ccccc2OCC2CC2)n1. The number of nitrogens with one attached hydrogen (secondary N) is 1. The molecule has 118 valence electrons. The number of anilines is 1. The molecule has 1 saturated carbocycles. The van der Waals surface area contributed by atoms with E-state index in [1.165, 1.54) is 12.8 Å². The maximum absolute atomic E-state index is 5.88. The van der Waals surface area contributed by atoms with E-state index in [0.717, 1.165) is 36.2 Å². The zero-order valence-electron chi connectivity index (χ0n) is 13.2. The monoisotopic (exact) mass is 301 g/mol. The molecule has 3 rings (SSSR count). The van der Waals surface area contributed by atoms with Gasteiger partial charge in [-0.1, -0.05) is 31.1 Å². The standard InChI is InChI=1S/C17H23N3O2/c1-12(2)9-16-19-17(22-20-16)10-18-14-5-3-4-6-15(14)21-11-13-7-8-13/h3-6,12-13,18H,7-11H2,1-2H3. The van der Waals surface area contributed by atoms with Gasteiger partial charge in [0.15, 0.2) is 5.82 Å². The predicted octanol–water partition coefficient (Wildman–Crippen LogP) is 3.67. The fourth-order valence-electron chi connectivity index (χ4n) is 2.21. The van der Waals surface area contributed by atoms with E-state index in [4.69, 9.17) is 9.26 Å².